The number of hydrogen-bond acceptors (Lipinski definition) is 4. The number of aliphatic carboxylic acids is 1. The molecule has 5 rings (SSSR count). The molecule has 1 saturated carbocycles. The Bertz CT molecular complexity index is 1740. The number of anilines is 1. The van der Waals surface area contributed by atoms with Crippen LogP contribution in [0.3, 0.4) is 0 Å². The topological polar surface area (TPSA) is 91.3 Å². The molecule has 1 aliphatic rings. The molecular formula is C34H30ClF4N3O3. The normalized spacial score (nSPS) is 13.0. The second kappa shape index (κ2) is 13.3. The number of carboxylic acids is 1. The molecule has 0 bridgehead atoms. The van der Waals surface area contributed by atoms with E-state index < -0.39 is 30.3 Å². The molecule has 1 heterocycles. The number of carbonyl (C=O) groups is 2. The summed E-state index contributed by atoms with van der Waals surface area (Å²) in [4.78, 5) is 27.3. The zero-order valence-electron chi connectivity index (χ0n) is 24.3. The highest BCUT2D eigenvalue weighted by Crippen LogP contribution is 2.46. The van der Waals surface area contributed by atoms with Gasteiger partial charge in [0.15, 0.2) is 0 Å². The summed E-state index contributed by atoms with van der Waals surface area (Å²) >= 11 is 6.66. The molecule has 1 amide bonds. The minimum atomic E-state index is -4.56. The number of rotatable bonds is 11. The second-order valence-electron chi connectivity index (χ2n) is 11.0. The minimum Gasteiger partial charge on any atom is -0.481 e. The fourth-order valence-electron chi connectivity index (χ4n) is 5.28. The summed E-state index contributed by atoms with van der Waals surface area (Å²) in [6.07, 6.45) is -1.91. The van der Waals surface area contributed by atoms with Crippen molar-refractivity contribution < 1.29 is 32.3 Å². The summed E-state index contributed by atoms with van der Waals surface area (Å²) in [5, 5.41) is 15.0. The predicted molar refractivity (Wildman–Crippen MR) is 165 cm³/mol. The molecule has 0 saturated heterocycles. The average Bonchev–Trinajstić information content (AvgIpc) is 3.85. The number of alkyl halides is 4. The number of halogens is 5. The molecule has 0 radical (unpaired) electrons. The highest BCUT2D eigenvalue weighted by atomic mass is 35.5. The molecule has 6 nitrogen and oxygen atoms in total. The molecule has 0 aliphatic heterocycles. The Hall–Kier alpha value is -4.44. The summed E-state index contributed by atoms with van der Waals surface area (Å²) in [5.41, 5.74) is 5.07. The number of hydrogen-bond donors (Lipinski definition) is 3. The fraction of sp³-hybridized carbons (Fsp3) is 0.265. The van der Waals surface area contributed by atoms with Gasteiger partial charge in [-0.15, -0.1) is 0 Å². The van der Waals surface area contributed by atoms with Gasteiger partial charge in [0.2, 0.25) is 0 Å². The van der Waals surface area contributed by atoms with Crippen LogP contribution in [0.2, 0.25) is 5.02 Å². The fourth-order valence-corrected chi connectivity index (χ4v) is 5.56. The highest BCUT2D eigenvalue weighted by molar-refractivity contribution is 6.33. The molecule has 11 heteroatoms. The van der Waals surface area contributed by atoms with Gasteiger partial charge in [-0.2, -0.15) is 13.2 Å². The number of nitrogens with zero attached hydrogens (tertiary/aromatic N) is 1. The maximum atomic E-state index is 14.0. The number of nitrogens with one attached hydrogen (secondary N) is 2. The van der Waals surface area contributed by atoms with Crippen molar-refractivity contribution in [1.82, 2.24) is 10.3 Å². The van der Waals surface area contributed by atoms with Crippen LogP contribution in [0.5, 0.6) is 0 Å². The smallest absolute Gasteiger partial charge is 0.416 e. The SMILES string of the molecule is Cc1cc(CF)ccc1-c1ccc(NCc2c(-c3ccc(C(=O)NCCC(=O)O)nc3)cc(C(F)(F)F)cc2C2CC2)cc1Cl. The van der Waals surface area contributed by atoms with E-state index >= 15 is 0 Å². The number of amides is 1. The zero-order valence-corrected chi connectivity index (χ0v) is 25.0. The van der Waals surface area contributed by atoms with Crippen LogP contribution in [-0.4, -0.2) is 28.5 Å². The van der Waals surface area contributed by atoms with Crippen molar-refractivity contribution in [2.75, 3.05) is 11.9 Å². The molecule has 4 aromatic rings. The Labute approximate surface area is 262 Å². The molecule has 1 fully saturated rings. The van der Waals surface area contributed by atoms with Crippen LogP contribution >= 0.6 is 11.6 Å². The van der Waals surface area contributed by atoms with Crippen LogP contribution in [0, 0.1) is 6.92 Å². The van der Waals surface area contributed by atoms with Gasteiger partial charge in [-0.25, -0.2) is 4.39 Å². The van der Waals surface area contributed by atoms with E-state index in [2.05, 4.69) is 15.6 Å². The highest BCUT2D eigenvalue weighted by Gasteiger charge is 2.35. The Morgan fingerprint density at radius 3 is 2.36 bits per heavy atom. The van der Waals surface area contributed by atoms with E-state index in [9.17, 15) is 27.2 Å². The van der Waals surface area contributed by atoms with Gasteiger partial charge in [-0.3, -0.25) is 14.6 Å². The zero-order chi connectivity index (χ0) is 32.3. The van der Waals surface area contributed by atoms with E-state index in [1.165, 1.54) is 24.4 Å². The van der Waals surface area contributed by atoms with Gasteiger partial charge in [0.05, 0.1) is 17.0 Å². The Morgan fingerprint density at radius 2 is 1.76 bits per heavy atom. The number of aryl methyl sites for hydroxylation is 1. The molecule has 0 unspecified atom stereocenters. The summed E-state index contributed by atoms with van der Waals surface area (Å²) in [7, 11) is 0. The first-order chi connectivity index (χ1) is 21.4. The molecule has 1 aromatic heterocycles. The number of aromatic nitrogens is 1. The largest absolute Gasteiger partial charge is 0.481 e. The van der Waals surface area contributed by atoms with Crippen molar-refractivity contribution >= 4 is 29.2 Å². The van der Waals surface area contributed by atoms with Crippen molar-refractivity contribution in [2.24, 2.45) is 0 Å². The molecule has 1 aliphatic carbocycles. The van der Waals surface area contributed by atoms with Gasteiger partial charge < -0.3 is 15.7 Å². The summed E-state index contributed by atoms with van der Waals surface area (Å²) in [6, 6.07) is 16.0. The quantitative estimate of drug-likeness (QED) is 0.143. The predicted octanol–water partition coefficient (Wildman–Crippen LogP) is 8.56. The molecule has 0 atom stereocenters. The molecular weight excluding hydrogens is 610 g/mol. The monoisotopic (exact) mass is 639 g/mol. The lowest BCUT2D eigenvalue weighted by atomic mass is 9.90. The third-order valence-electron chi connectivity index (χ3n) is 7.73. The van der Waals surface area contributed by atoms with Crippen molar-refractivity contribution in [1.29, 1.82) is 0 Å². The van der Waals surface area contributed by atoms with E-state index in [1.807, 2.05) is 25.1 Å². The van der Waals surface area contributed by atoms with Crippen molar-refractivity contribution in [3.8, 4) is 22.3 Å². The molecule has 234 valence electrons. The van der Waals surface area contributed by atoms with Gasteiger partial charge in [0.1, 0.15) is 12.4 Å². The molecule has 45 heavy (non-hydrogen) atoms. The molecule has 3 N–H and O–H groups in total. The van der Waals surface area contributed by atoms with Gasteiger partial charge in [0, 0.05) is 36.1 Å². The lowest BCUT2D eigenvalue weighted by Gasteiger charge is -2.20. The average molecular weight is 640 g/mol. The number of carbonyl (C=O) groups excluding carboxylic acids is 1. The first-order valence-corrected chi connectivity index (χ1v) is 14.7. The lowest BCUT2D eigenvalue weighted by Crippen LogP contribution is -2.26. The second-order valence-corrected chi connectivity index (χ2v) is 11.4. The van der Waals surface area contributed by atoms with Crippen molar-refractivity contribution in [3.05, 3.63) is 105 Å². The van der Waals surface area contributed by atoms with E-state index in [4.69, 9.17) is 16.7 Å². The minimum absolute atomic E-state index is 0.00340. The Balaban J connectivity index is 1.45. The summed E-state index contributed by atoms with van der Waals surface area (Å²) < 4.78 is 55.1. The van der Waals surface area contributed by atoms with Crippen LogP contribution in [-0.2, 0) is 24.2 Å². The van der Waals surface area contributed by atoms with Gasteiger partial charge in [-0.05, 0) is 89.4 Å². The van der Waals surface area contributed by atoms with E-state index in [0.717, 1.165) is 35.6 Å². The lowest BCUT2D eigenvalue weighted by molar-refractivity contribution is -0.138. The Morgan fingerprint density at radius 1 is 1.00 bits per heavy atom. The van der Waals surface area contributed by atoms with Crippen molar-refractivity contribution in [2.45, 2.75) is 51.5 Å². The third-order valence-corrected chi connectivity index (χ3v) is 8.05. The van der Waals surface area contributed by atoms with Crippen LogP contribution in [0.1, 0.15) is 63.5 Å². The molecule has 0 spiro atoms. The van der Waals surface area contributed by atoms with Crippen LogP contribution in [0.15, 0.2) is 66.9 Å². The number of carboxylic acid groups (broad SMARTS) is 1. The number of pyridine rings is 1. The summed E-state index contributed by atoms with van der Waals surface area (Å²) in [5.74, 6) is -1.65. The third kappa shape index (κ3) is 7.62. The van der Waals surface area contributed by atoms with Crippen LogP contribution in [0.25, 0.3) is 22.3 Å². The maximum Gasteiger partial charge on any atom is 0.416 e. The van der Waals surface area contributed by atoms with Gasteiger partial charge >= 0.3 is 12.1 Å². The van der Waals surface area contributed by atoms with Crippen LogP contribution < -0.4 is 10.6 Å². The number of benzene rings is 3. The van der Waals surface area contributed by atoms with Gasteiger partial charge in [-0.1, -0.05) is 41.9 Å². The van der Waals surface area contributed by atoms with Crippen LogP contribution in [0.4, 0.5) is 23.2 Å². The van der Waals surface area contributed by atoms with E-state index in [-0.39, 0.29) is 31.1 Å². The van der Waals surface area contributed by atoms with Gasteiger partial charge in [0.25, 0.3) is 5.91 Å². The summed E-state index contributed by atoms with van der Waals surface area (Å²) in [6.45, 7) is 1.45. The first kappa shape index (κ1) is 32.0. The standard InChI is InChI=1S/C34H30ClF4N3O3/c1-19-12-20(16-36)2-7-25(19)26-8-6-24(15-30(26)35)41-18-29-27(21-3-4-21)13-23(34(37,38)39)14-28(29)22-5-9-31(42-17-22)33(45)40-11-10-32(43)44/h2,5-9,12-15,17,21,41H,3-4,10-11,16,18H2,1H3,(H,40,45)(H,43,44). The molecule has 3 aromatic carbocycles. The Kier molecular flexibility index (Phi) is 9.43. The van der Waals surface area contributed by atoms with E-state index in [0.29, 0.717) is 38.5 Å². The van der Waals surface area contributed by atoms with E-state index in [1.54, 1.807) is 18.2 Å². The first-order valence-electron chi connectivity index (χ1n) is 14.3. The maximum absolute atomic E-state index is 14.0. The van der Waals surface area contributed by atoms with Crippen molar-refractivity contribution in [3.63, 3.8) is 0 Å².